The van der Waals surface area contributed by atoms with Crippen molar-refractivity contribution in [2.75, 3.05) is 11.5 Å². The van der Waals surface area contributed by atoms with Crippen LogP contribution in [0.3, 0.4) is 0 Å². The second-order valence-electron chi connectivity index (χ2n) is 4.08. The van der Waals surface area contributed by atoms with E-state index in [-0.39, 0.29) is 0 Å². The number of carboxylic acids is 1. The Bertz CT molecular complexity index is 394. The molecule has 0 amide bonds. The summed E-state index contributed by atoms with van der Waals surface area (Å²) in [5.41, 5.74) is 8.28. The smallest absolute Gasteiger partial charge is 0.321 e. The summed E-state index contributed by atoms with van der Waals surface area (Å²) in [4.78, 5) is 10.5. The molecule has 0 aromatic heterocycles. The van der Waals surface area contributed by atoms with Gasteiger partial charge in [-0.3, -0.25) is 4.79 Å². The topological polar surface area (TPSA) is 63.3 Å². The molecule has 0 fully saturated rings. The quantitative estimate of drug-likeness (QED) is 0.814. The van der Waals surface area contributed by atoms with Gasteiger partial charge >= 0.3 is 5.97 Å². The Kier molecular flexibility index (Phi) is 3.51. The maximum Gasteiger partial charge on any atom is 0.321 e. The molecule has 1 aromatic carbocycles. The maximum absolute atomic E-state index is 10.5. The van der Waals surface area contributed by atoms with Gasteiger partial charge in [-0.2, -0.15) is 11.8 Å². The zero-order valence-corrected chi connectivity index (χ0v) is 9.74. The zero-order valence-electron chi connectivity index (χ0n) is 8.93. The van der Waals surface area contributed by atoms with Gasteiger partial charge in [0.05, 0.1) is 0 Å². The number of carbonyl (C=O) groups is 1. The molecule has 0 spiro atoms. The van der Waals surface area contributed by atoms with Crippen molar-refractivity contribution in [3.8, 4) is 0 Å². The van der Waals surface area contributed by atoms with Gasteiger partial charge in [0.1, 0.15) is 6.04 Å². The Morgan fingerprint density at radius 3 is 3.00 bits per heavy atom. The van der Waals surface area contributed by atoms with Crippen molar-refractivity contribution in [2.24, 2.45) is 5.73 Å². The van der Waals surface area contributed by atoms with Crippen LogP contribution in [0.25, 0.3) is 0 Å². The normalized spacial score (nSPS) is 19.7. The summed E-state index contributed by atoms with van der Waals surface area (Å²) < 4.78 is 0. The third kappa shape index (κ3) is 2.39. The molecule has 86 valence electrons. The van der Waals surface area contributed by atoms with E-state index < -0.39 is 12.0 Å². The molecule has 0 aliphatic heterocycles. The molecule has 4 heteroatoms. The monoisotopic (exact) mass is 237 g/mol. The zero-order chi connectivity index (χ0) is 11.5. The Morgan fingerprint density at radius 1 is 1.56 bits per heavy atom. The summed E-state index contributed by atoms with van der Waals surface area (Å²) >= 11 is 1.63. The molecule has 2 atom stereocenters. The summed E-state index contributed by atoms with van der Waals surface area (Å²) in [5.74, 6) is 1.13. The Labute approximate surface area is 99.0 Å². The minimum atomic E-state index is -0.915. The number of nitrogens with two attached hydrogens (primary N) is 1. The molecule has 1 aromatic rings. The van der Waals surface area contributed by atoms with Crippen molar-refractivity contribution in [1.29, 1.82) is 0 Å². The van der Waals surface area contributed by atoms with E-state index in [2.05, 4.69) is 24.3 Å². The standard InChI is InChI=1S/C12H15NO2S/c13-11(12(14)15)7-16-6-9-5-8-3-1-2-4-10(8)9/h1-4,9,11H,5-7,13H2,(H,14,15)/t9?,11-/m1/s1. The van der Waals surface area contributed by atoms with Gasteiger partial charge in [0, 0.05) is 11.5 Å². The van der Waals surface area contributed by atoms with Crippen LogP contribution in [0.2, 0.25) is 0 Å². The van der Waals surface area contributed by atoms with Gasteiger partial charge in [0.25, 0.3) is 0 Å². The minimum absolute atomic E-state index is 0.494. The van der Waals surface area contributed by atoms with Crippen LogP contribution in [0.4, 0.5) is 0 Å². The first-order valence-electron chi connectivity index (χ1n) is 5.32. The van der Waals surface area contributed by atoms with E-state index in [1.807, 2.05) is 0 Å². The lowest BCUT2D eigenvalue weighted by atomic mass is 9.79. The molecule has 1 aliphatic rings. The van der Waals surface area contributed by atoms with Gasteiger partial charge in [-0.25, -0.2) is 0 Å². The first-order chi connectivity index (χ1) is 7.68. The highest BCUT2D eigenvalue weighted by Gasteiger charge is 2.25. The van der Waals surface area contributed by atoms with Crippen LogP contribution in [0.1, 0.15) is 17.0 Å². The Hall–Kier alpha value is -1.00. The molecule has 0 radical (unpaired) electrons. The van der Waals surface area contributed by atoms with E-state index in [1.54, 1.807) is 11.8 Å². The lowest BCUT2D eigenvalue weighted by Crippen LogP contribution is -2.33. The first-order valence-corrected chi connectivity index (χ1v) is 6.48. The van der Waals surface area contributed by atoms with E-state index in [1.165, 1.54) is 11.1 Å². The molecule has 1 aliphatic carbocycles. The van der Waals surface area contributed by atoms with Gasteiger partial charge in [-0.1, -0.05) is 24.3 Å². The van der Waals surface area contributed by atoms with Crippen LogP contribution in [-0.2, 0) is 11.2 Å². The molecular formula is C12H15NO2S. The SMILES string of the molecule is N[C@H](CSCC1Cc2ccccc21)C(=O)O. The molecule has 1 unspecified atom stereocenters. The molecule has 2 rings (SSSR count). The number of carboxylic acid groups (broad SMARTS) is 1. The summed E-state index contributed by atoms with van der Waals surface area (Å²) in [5, 5.41) is 8.64. The van der Waals surface area contributed by atoms with Crippen molar-refractivity contribution >= 4 is 17.7 Å². The third-order valence-corrected chi connectivity index (χ3v) is 4.13. The molecule has 3 nitrogen and oxygen atoms in total. The van der Waals surface area contributed by atoms with Crippen LogP contribution in [-0.4, -0.2) is 28.6 Å². The van der Waals surface area contributed by atoms with Crippen molar-refractivity contribution in [2.45, 2.75) is 18.4 Å². The molecule has 3 N–H and O–H groups in total. The average molecular weight is 237 g/mol. The fraction of sp³-hybridized carbons (Fsp3) is 0.417. The van der Waals surface area contributed by atoms with E-state index in [0.29, 0.717) is 11.7 Å². The lowest BCUT2D eigenvalue weighted by molar-refractivity contribution is -0.137. The maximum atomic E-state index is 10.5. The van der Waals surface area contributed by atoms with Gasteiger partial charge < -0.3 is 10.8 Å². The van der Waals surface area contributed by atoms with Gasteiger partial charge in [-0.05, 0) is 23.5 Å². The minimum Gasteiger partial charge on any atom is -0.480 e. The number of aliphatic carboxylic acids is 1. The second kappa shape index (κ2) is 4.89. The number of hydrogen-bond acceptors (Lipinski definition) is 3. The fourth-order valence-corrected chi connectivity index (χ4v) is 3.03. The van der Waals surface area contributed by atoms with Crippen molar-refractivity contribution in [3.05, 3.63) is 35.4 Å². The number of benzene rings is 1. The highest BCUT2D eigenvalue weighted by molar-refractivity contribution is 7.99. The number of thioether (sulfide) groups is 1. The number of hydrogen-bond donors (Lipinski definition) is 2. The predicted molar refractivity (Wildman–Crippen MR) is 65.8 cm³/mol. The van der Waals surface area contributed by atoms with Crippen LogP contribution in [0.5, 0.6) is 0 Å². The van der Waals surface area contributed by atoms with Gasteiger partial charge in [0.15, 0.2) is 0 Å². The highest BCUT2D eigenvalue weighted by Crippen LogP contribution is 2.36. The highest BCUT2D eigenvalue weighted by atomic mass is 32.2. The van der Waals surface area contributed by atoms with Gasteiger partial charge in [-0.15, -0.1) is 0 Å². The summed E-state index contributed by atoms with van der Waals surface area (Å²) in [6, 6.07) is 7.68. The van der Waals surface area contributed by atoms with Crippen molar-refractivity contribution in [3.63, 3.8) is 0 Å². The second-order valence-corrected chi connectivity index (χ2v) is 5.16. The first kappa shape index (κ1) is 11.5. The Morgan fingerprint density at radius 2 is 2.31 bits per heavy atom. The third-order valence-electron chi connectivity index (χ3n) is 2.89. The van der Waals surface area contributed by atoms with Crippen LogP contribution in [0.15, 0.2) is 24.3 Å². The van der Waals surface area contributed by atoms with E-state index >= 15 is 0 Å². The molecular weight excluding hydrogens is 222 g/mol. The van der Waals surface area contributed by atoms with E-state index in [9.17, 15) is 4.79 Å². The summed E-state index contributed by atoms with van der Waals surface area (Å²) in [6.45, 7) is 0. The molecule has 0 bridgehead atoms. The molecule has 0 saturated heterocycles. The van der Waals surface area contributed by atoms with Crippen molar-refractivity contribution in [1.82, 2.24) is 0 Å². The largest absolute Gasteiger partial charge is 0.480 e. The molecule has 0 saturated carbocycles. The summed E-state index contributed by atoms with van der Waals surface area (Å²) in [7, 11) is 0. The lowest BCUT2D eigenvalue weighted by Gasteiger charge is -2.29. The van der Waals surface area contributed by atoms with Crippen LogP contribution >= 0.6 is 11.8 Å². The number of rotatable bonds is 5. The molecule has 16 heavy (non-hydrogen) atoms. The van der Waals surface area contributed by atoms with E-state index in [4.69, 9.17) is 10.8 Å². The predicted octanol–water partition coefficient (Wildman–Crippen LogP) is 1.47. The molecule has 0 heterocycles. The Balaban J connectivity index is 1.76. The van der Waals surface area contributed by atoms with Crippen molar-refractivity contribution < 1.29 is 9.90 Å². The summed E-state index contributed by atoms with van der Waals surface area (Å²) in [6.07, 6.45) is 1.12. The van der Waals surface area contributed by atoms with Crippen LogP contribution < -0.4 is 5.73 Å². The fourth-order valence-electron chi connectivity index (χ4n) is 1.92. The number of fused-ring (bicyclic) bond motifs is 1. The van der Waals surface area contributed by atoms with Crippen LogP contribution in [0, 0.1) is 0 Å². The van der Waals surface area contributed by atoms with E-state index in [0.717, 1.165) is 12.2 Å². The average Bonchev–Trinajstić information content (AvgIpc) is 2.24. The van der Waals surface area contributed by atoms with Gasteiger partial charge in [0.2, 0.25) is 0 Å².